The van der Waals surface area contributed by atoms with Gasteiger partial charge in [-0.15, -0.1) is 0 Å². The van der Waals surface area contributed by atoms with Gasteiger partial charge in [0.1, 0.15) is 0 Å². The minimum Gasteiger partial charge on any atom is -0.370 e. The van der Waals surface area contributed by atoms with Gasteiger partial charge in [0.05, 0.1) is 22.1 Å². The molecule has 1 saturated heterocycles. The number of nitrogens with zero attached hydrogens (tertiary/aromatic N) is 3. The third kappa shape index (κ3) is 4.52. The van der Waals surface area contributed by atoms with Gasteiger partial charge in [0, 0.05) is 36.3 Å². The van der Waals surface area contributed by atoms with Gasteiger partial charge in [-0.25, -0.2) is 13.6 Å². The summed E-state index contributed by atoms with van der Waals surface area (Å²) in [6.07, 6.45) is 0.776. The minimum absolute atomic E-state index is 0.0897. The number of nitriles is 1. The SMILES string of the molecule is N#Cc1ccc(N2CCCN(C(=O)c3cc(S(N)(=O)=O)ccc3Br)CC2)cc1. The van der Waals surface area contributed by atoms with E-state index >= 15 is 0 Å². The molecule has 1 fully saturated rings. The molecule has 1 heterocycles. The smallest absolute Gasteiger partial charge is 0.255 e. The number of hydrogen-bond acceptors (Lipinski definition) is 5. The fourth-order valence-electron chi connectivity index (χ4n) is 3.14. The number of anilines is 1. The predicted molar refractivity (Wildman–Crippen MR) is 109 cm³/mol. The number of rotatable bonds is 3. The predicted octanol–water partition coefficient (Wildman–Crippen LogP) is 2.32. The van der Waals surface area contributed by atoms with E-state index in [2.05, 4.69) is 26.9 Å². The Hall–Kier alpha value is -2.41. The van der Waals surface area contributed by atoms with E-state index in [0.717, 1.165) is 18.7 Å². The Morgan fingerprint density at radius 3 is 2.43 bits per heavy atom. The van der Waals surface area contributed by atoms with Crippen LogP contribution in [0.3, 0.4) is 0 Å². The molecule has 1 aliphatic heterocycles. The van der Waals surface area contributed by atoms with Crippen molar-refractivity contribution in [1.82, 2.24) is 4.90 Å². The molecule has 0 saturated carbocycles. The fraction of sp³-hybridized carbons (Fsp3) is 0.263. The maximum absolute atomic E-state index is 13.0. The number of benzene rings is 2. The summed E-state index contributed by atoms with van der Waals surface area (Å²) in [7, 11) is -3.89. The average Bonchev–Trinajstić information content (AvgIpc) is 2.93. The summed E-state index contributed by atoms with van der Waals surface area (Å²) in [4.78, 5) is 16.8. The second-order valence-corrected chi connectivity index (χ2v) is 8.89. The molecule has 2 aromatic carbocycles. The summed E-state index contributed by atoms with van der Waals surface area (Å²) in [5, 5.41) is 14.1. The normalized spacial score (nSPS) is 15.0. The van der Waals surface area contributed by atoms with Crippen LogP contribution >= 0.6 is 15.9 Å². The first kappa shape index (κ1) is 20.3. The van der Waals surface area contributed by atoms with E-state index in [1.54, 1.807) is 17.0 Å². The van der Waals surface area contributed by atoms with E-state index in [9.17, 15) is 13.2 Å². The minimum atomic E-state index is -3.89. The third-order valence-corrected chi connectivity index (χ3v) is 6.24. The van der Waals surface area contributed by atoms with E-state index in [1.165, 1.54) is 18.2 Å². The van der Waals surface area contributed by atoms with Crippen LogP contribution in [0.25, 0.3) is 0 Å². The lowest BCUT2D eigenvalue weighted by atomic mass is 10.2. The topological polar surface area (TPSA) is 108 Å². The Labute approximate surface area is 172 Å². The van der Waals surface area contributed by atoms with Crippen molar-refractivity contribution in [3.05, 3.63) is 58.1 Å². The molecular weight excluding hydrogens is 444 g/mol. The van der Waals surface area contributed by atoms with Gasteiger partial charge < -0.3 is 9.80 Å². The van der Waals surface area contributed by atoms with Crippen LogP contribution in [-0.4, -0.2) is 45.4 Å². The van der Waals surface area contributed by atoms with Gasteiger partial charge in [-0.1, -0.05) is 0 Å². The van der Waals surface area contributed by atoms with Gasteiger partial charge in [-0.3, -0.25) is 4.79 Å². The Balaban J connectivity index is 1.77. The van der Waals surface area contributed by atoms with Crippen molar-refractivity contribution in [1.29, 1.82) is 5.26 Å². The summed E-state index contributed by atoms with van der Waals surface area (Å²) in [6, 6.07) is 13.7. The molecule has 1 aliphatic rings. The maximum Gasteiger partial charge on any atom is 0.255 e. The first-order valence-electron chi connectivity index (χ1n) is 8.66. The Bertz CT molecular complexity index is 1030. The third-order valence-electron chi connectivity index (χ3n) is 4.64. The number of primary sulfonamides is 1. The molecule has 3 rings (SSSR count). The molecule has 1 amide bonds. The zero-order valence-electron chi connectivity index (χ0n) is 15.0. The molecule has 0 atom stereocenters. The molecule has 0 radical (unpaired) electrons. The van der Waals surface area contributed by atoms with Crippen LogP contribution in [0.15, 0.2) is 51.8 Å². The van der Waals surface area contributed by atoms with Gasteiger partial charge in [0.15, 0.2) is 0 Å². The second-order valence-electron chi connectivity index (χ2n) is 6.48. The van der Waals surface area contributed by atoms with Crippen LogP contribution in [0, 0.1) is 11.3 Å². The lowest BCUT2D eigenvalue weighted by molar-refractivity contribution is 0.0766. The van der Waals surface area contributed by atoms with Crippen LogP contribution in [-0.2, 0) is 10.0 Å². The van der Waals surface area contributed by atoms with Gasteiger partial charge >= 0.3 is 0 Å². The summed E-state index contributed by atoms with van der Waals surface area (Å²) in [5.41, 5.74) is 1.89. The summed E-state index contributed by atoms with van der Waals surface area (Å²) >= 11 is 3.33. The average molecular weight is 463 g/mol. The van der Waals surface area contributed by atoms with Crippen molar-refractivity contribution < 1.29 is 13.2 Å². The molecule has 0 aliphatic carbocycles. The van der Waals surface area contributed by atoms with Crippen molar-refractivity contribution in [2.45, 2.75) is 11.3 Å². The lowest BCUT2D eigenvalue weighted by Gasteiger charge is -2.24. The highest BCUT2D eigenvalue weighted by atomic mass is 79.9. The Morgan fingerprint density at radius 2 is 1.79 bits per heavy atom. The first-order chi connectivity index (χ1) is 13.3. The molecule has 146 valence electrons. The second kappa shape index (κ2) is 8.31. The molecule has 0 bridgehead atoms. The highest BCUT2D eigenvalue weighted by Gasteiger charge is 2.23. The number of halogens is 1. The van der Waals surface area contributed by atoms with Crippen LogP contribution in [0.5, 0.6) is 0 Å². The first-order valence-corrected chi connectivity index (χ1v) is 11.0. The number of hydrogen-bond donors (Lipinski definition) is 1. The summed E-state index contributed by atoms with van der Waals surface area (Å²) in [6.45, 7) is 2.50. The van der Waals surface area contributed by atoms with Gasteiger partial charge in [0.25, 0.3) is 5.91 Å². The fourth-order valence-corrected chi connectivity index (χ4v) is 4.10. The molecule has 2 aromatic rings. The van der Waals surface area contributed by atoms with Gasteiger partial charge in [-0.2, -0.15) is 5.26 Å². The molecular formula is C19H19BrN4O3S. The highest BCUT2D eigenvalue weighted by molar-refractivity contribution is 9.10. The Kier molecular flexibility index (Phi) is 6.03. The monoisotopic (exact) mass is 462 g/mol. The maximum atomic E-state index is 13.0. The molecule has 0 spiro atoms. The zero-order valence-corrected chi connectivity index (χ0v) is 17.4. The highest BCUT2D eigenvalue weighted by Crippen LogP contribution is 2.23. The van der Waals surface area contributed by atoms with Crippen LogP contribution < -0.4 is 10.0 Å². The number of sulfonamides is 1. The molecule has 2 N–H and O–H groups in total. The van der Waals surface area contributed by atoms with Crippen molar-refractivity contribution in [3.8, 4) is 6.07 Å². The standard InChI is InChI=1S/C19H19BrN4O3S/c20-18-7-6-16(28(22,26)27)12-17(18)19(25)24-9-1-8-23(10-11-24)15-4-2-14(13-21)3-5-15/h2-7,12H,1,8-11H2,(H2,22,26,27). The molecule has 0 aromatic heterocycles. The largest absolute Gasteiger partial charge is 0.370 e. The number of carbonyl (C=O) groups is 1. The summed E-state index contributed by atoms with van der Waals surface area (Å²) < 4.78 is 23.7. The van der Waals surface area contributed by atoms with Gasteiger partial charge in [0.2, 0.25) is 10.0 Å². The molecule has 9 heteroatoms. The Morgan fingerprint density at radius 1 is 1.07 bits per heavy atom. The van der Waals surface area contributed by atoms with Gasteiger partial charge in [-0.05, 0) is 64.8 Å². The molecule has 0 unspecified atom stereocenters. The number of carbonyl (C=O) groups excluding carboxylic acids is 1. The lowest BCUT2D eigenvalue weighted by Crippen LogP contribution is -2.35. The van der Waals surface area contributed by atoms with Crippen molar-refractivity contribution in [3.63, 3.8) is 0 Å². The van der Waals surface area contributed by atoms with Crippen LogP contribution in [0.1, 0.15) is 22.3 Å². The zero-order chi connectivity index (χ0) is 20.3. The van der Waals surface area contributed by atoms with Crippen molar-refractivity contribution >= 4 is 37.5 Å². The van der Waals surface area contributed by atoms with Crippen molar-refractivity contribution in [2.24, 2.45) is 5.14 Å². The number of nitrogens with two attached hydrogens (primary N) is 1. The molecule has 28 heavy (non-hydrogen) atoms. The van der Waals surface area contributed by atoms with E-state index < -0.39 is 10.0 Å². The quantitative estimate of drug-likeness (QED) is 0.752. The molecule has 7 nitrogen and oxygen atoms in total. The summed E-state index contributed by atoms with van der Waals surface area (Å²) in [5.74, 6) is -0.237. The van der Waals surface area contributed by atoms with E-state index in [1.807, 2.05) is 12.1 Å². The number of amides is 1. The van der Waals surface area contributed by atoms with E-state index in [4.69, 9.17) is 10.4 Å². The van der Waals surface area contributed by atoms with Crippen LogP contribution in [0.4, 0.5) is 5.69 Å². The van der Waals surface area contributed by atoms with Crippen molar-refractivity contribution in [2.75, 3.05) is 31.1 Å². The van der Waals surface area contributed by atoms with E-state index in [-0.39, 0.29) is 16.4 Å². The van der Waals surface area contributed by atoms with E-state index in [0.29, 0.717) is 29.7 Å². The van der Waals surface area contributed by atoms with Crippen LogP contribution in [0.2, 0.25) is 0 Å².